The molecular weight excluding hydrogens is 326 g/mol. The summed E-state index contributed by atoms with van der Waals surface area (Å²) in [5.74, 6) is 2.13. The lowest BCUT2D eigenvalue weighted by atomic mass is 9.92. The Morgan fingerprint density at radius 2 is 1.73 bits per heavy atom. The minimum absolute atomic E-state index is 0.105. The van der Waals surface area contributed by atoms with Gasteiger partial charge in [0, 0.05) is 49.4 Å². The molecule has 1 amide bonds. The van der Waals surface area contributed by atoms with E-state index in [0.29, 0.717) is 5.92 Å². The van der Waals surface area contributed by atoms with Gasteiger partial charge in [0.05, 0.1) is 5.69 Å². The molecule has 0 unspecified atom stereocenters. The molecule has 2 aromatic heterocycles. The zero-order valence-electron chi connectivity index (χ0n) is 14.7. The van der Waals surface area contributed by atoms with Gasteiger partial charge in [-0.2, -0.15) is 0 Å². The smallest absolute Gasteiger partial charge is 0.253 e. The molecular formula is C20H21N5O. The molecule has 1 fully saturated rings. The standard InChI is InChI=1S/C20H21N5O/c1-15-21-11-14-25(15)19-18(22-9-10-23-19)16-7-12-24(13-8-16)20(26)17-5-3-2-4-6-17/h2-6,9-11,14,16H,7-8,12-13H2,1H3. The lowest BCUT2D eigenvalue weighted by Crippen LogP contribution is -2.38. The van der Waals surface area contributed by atoms with Crippen molar-refractivity contribution in [3.63, 3.8) is 0 Å². The maximum Gasteiger partial charge on any atom is 0.253 e. The lowest BCUT2D eigenvalue weighted by molar-refractivity contribution is 0.0712. The van der Waals surface area contributed by atoms with E-state index in [-0.39, 0.29) is 5.91 Å². The van der Waals surface area contributed by atoms with E-state index >= 15 is 0 Å². The molecule has 0 atom stereocenters. The van der Waals surface area contributed by atoms with Crippen LogP contribution in [0.4, 0.5) is 0 Å². The number of amides is 1. The number of likely N-dealkylation sites (tertiary alicyclic amines) is 1. The maximum atomic E-state index is 12.6. The quantitative estimate of drug-likeness (QED) is 0.731. The molecule has 1 aliphatic rings. The van der Waals surface area contributed by atoms with Crippen LogP contribution in [0.1, 0.15) is 40.6 Å². The number of carbonyl (C=O) groups is 1. The van der Waals surface area contributed by atoms with Crippen LogP contribution in [0.25, 0.3) is 5.82 Å². The normalized spacial score (nSPS) is 15.2. The van der Waals surface area contributed by atoms with Crippen molar-refractivity contribution in [2.45, 2.75) is 25.7 Å². The first-order valence-electron chi connectivity index (χ1n) is 8.89. The fourth-order valence-electron chi connectivity index (χ4n) is 3.54. The highest BCUT2D eigenvalue weighted by molar-refractivity contribution is 5.94. The third-order valence-electron chi connectivity index (χ3n) is 4.95. The molecule has 0 radical (unpaired) electrons. The number of aromatic nitrogens is 4. The summed E-state index contributed by atoms with van der Waals surface area (Å²) >= 11 is 0. The average molecular weight is 347 g/mol. The van der Waals surface area contributed by atoms with Gasteiger partial charge in [0.1, 0.15) is 5.82 Å². The number of imidazole rings is 1. The van der Waals surface area contributed by atoms with Gasteiger partial charge in [-0.1, -0.05) is 18.2 Å². The van der Waals surface area contributed by atoms with Crippen LogP contribution in [-0.2, 0) is 0 Å². The Morgan fingerprint density at radius 1 is 1.00 bits per heavy atom. The largest absolute Gasteiger partial charge is 0.339 e. The number of hydrogen-bond donors (Lipinski definition) is 0. The van der Waals surface area contributed by atoms with Crippen LogP contribution >= 0.6 is 0 Å². The highest BCUT2D eigenvalue weighted by Gasteiger charge is 2.27. The zero-order chi connectivity index (χ0) is 17.9. The molecule has 6 heteroatoms. The minimum Gasteiger partial charge on any atom is -0.339 e. The fourth-order valence-corrected chi connectivity index (χ4v) is 3.54. The average Bonchev–Trinajstić information content (AvgIpc) is 3.14. The number of hydrogen-bond acceptors (Lipinski definition) is 4. The number of piperidine rings is 1. The Balaban J connectivity index is 1.51. The SMILES string of the molecule is Cc1nccn1-c1nccnc1C1CCN(C(=O)c2ccccc2)CC1. The van der Waals surface area contributed by atoms with Crippen molar-refractivity contribution in [1.29, 1.82) is 0 Å². The number of aryl methyl sites for hydroxylation is 1. The van der Waals surface area contributed by atoms with Gasteiger partial charge in [0.15, 0.2) is 5.82 Å². The van der Waals surface area contributed by atoms with Crippen molar-refractivity contribution in [3.8, 4) is 5.82 Å². The van der Waals surface area contributed by atoms with Crippen LogP contribution in [-0.4, -0.2) is 43.4 Å². The molecule has 0 N–H and O–H groups in total. The van der Waals surface area contributed by atoms with Crippen LogP contribution in [0.3, 0.4) is 0 Å². The number of nitrogens with zero attached hydrogens (tertiary/aromatic N) is 5. The summed E-state index contributed by atoms with van der Waals surface area (Å²) in [6.45, 7) is 3.42. The molecule has 1 aliphatic heterocycles. The van der Waals surface area contributed by atoms with Crippen molar-refractivity contribution in [1.82, 2.24) is 24.4 Å². The zero-order valence-corrected chi connectivity index (χ0v) is 14.7. The van der Waals surface area contributed by atoms with E-state index in [1.807, 2.05) is 52.9 Å². The van der Waals surface area contributed by atoms with E-state index in [0.717, 1.165) is 48.8 Å². The van der Waals surface area contributed by atoms with Gasteiger partial charge in [-0.05, 0) is 31.9 Å². The second-order valence-electron chi connectivity index (χ2n) is 6.54. The van der Waals surface area contributed by atoms with Crippen molar-refractivity contribution < 1.29 is 4.79 Å². The van der Waals surface area contributed by atoms with Crippen molar-refractivity contribution in [2.24, 2.45) is 0 Å². The van der Waals surface area contributed by atoms with Gasteiger partial charge < -0.3 is 4.90 Å². The second kappa shape index (κ2) is 7.07. The first-order chi connectivity index (χ1) is 12.7. The molecule has 3 aromatic rings. The minimum atomic E-state index is 0.105. The molecule has 1 saturated heterocycles. The topological polar surface area (TPSA) is 63.9 Å². The monoisotopic (exact) mass is 347 g/mol. The van der Waals surface area contributed by atoms with Crippen LogP contribution in [0, 0.1) is 6.92 Å². The number of carbonyl (C=O) groups excluding carboxylic acids is 1. The van der Waals surface area contributed by atoms with Crippen LogP contribution in [0.5, 0.6) is 0 Å². The van der Waals surface area contributed by atoms with E-state index < -0.39 is 0 Å². The van der Waals surface area contributed by atoms with E-state index in [1.165, 1.54) is 0 Å². The van der Waals surface area contributed by atoms with Gasteiger partial charge in [-0.15, -0.1) is 0 Å². The van der Waals surface area contributed by atoms with E-state index in [9.17, 15) is 4.79 Å². The van der Waals surface area contributed by atoms with Crippen molar-refractivity contribution >= 4 is 5.91 Å². The fraction of sp³-hybridized carbons (Fsp3) is 0.300. The Kier molecular flexibility index (Phi) is 4.48. The maximum absolute atomic E-state index is 12.6. The summed E-state index contributed by atoms with van der Waals surface area (Å²) < 4.78 is 1.98. The summed E-state index contributed by atoms with van der Waals surface area (Å²) in [6.07, 6.45) is 8.92. The van der Waals surface area contributed by atoms with Gasteiger partial charge >= 0.3 is 0 Å². The molecule has 4 rings (SSSR count). The Hall–Kier alpha value is -3.02. The lowest BCUT2D eigenvalue weighted by Gasteiger charge is -2.32. The number of rotatable bonds is 3. The molecule has 0 saturated carbocycles. The molecule has 132 valence electrons. The summed E-state index contributed by atoms with van der Waals surface area (Å²) in [7, 11) is 0. The van der Waals surface area contributed by atoms with Crippen molar-refractivity contribution in [3.05, 3.63) is 72.2 Å². The Labute approximate surface area is 152 Å². The molecule has 0 aliphatic carbocycles. The third-order valence-corrected chi connectivity index (χ3v) is 4.95. The van der Waals surface area contributed by atoms with E-state index in [4.69, 9.17) is 0 Å². The molecule has 3 heterocycles. The van der Waals surface area contributed by atoms with Gasteiger partial charge in [0.2, 0.25) is 0 Å². The Bertz CT molecular complexity index is 897. The highest BCUT2D eigenvalue weighted by atomic mass is 16.2. The first-order valence-corrected chi connectivity index (χ1v) is 8.89. The Morgan fingerprint density at radius 3 is 2.42 bits per heavy atom. The second-order valence-corrected chi connectivity index (χ2v) is 6.54. The van der Waals surface area contributed by atoms with Crippen LogP contribution < -0.4 is 0 Å². The molecule has 0 spiro atoms. The molecule has 0 bridgehead atoms. The summed E-state index contributed by atoms with van der Waals surface area (Å²) in [5, 5.41) is 0. The summed E-state index contributed by atoms with van der Waals surface area (Å²) in [6, 6.07) is 9.48. The highest BCUT2D eigenvalue weighted by Crippen LogP contribution is 2.30. The number of benzene rings is 1. The van der Waals surface area contributed by atoms with Crippen LogP contribution in [0.2, 0.25) is 0 Å². The summed E-state index contributed by atoms with van der Waals surface area (Å²) in [4.78, 5) is 28.0. The van der Waals surface area contributed by atoms with Crippen molar-refractivity contribution in [2.75, 3.05) is 13.1 Å². The predicted octanol–water partition coefficient (Wildman–Crippen LogP) is 2.99. The predicted molar refractivity (Wildman–Crippen MR) is 98.2 cm³/mol. The molecule has 1 aromatic carbocycles. The summed E-state index contributed by atoms with van der Waals surface area (Å²) in [5.41, 5.74) is 1.74. The molecule has 26 heavy (non-hydrogen) atoms. The van der Waals surface area contributed by atoms with E-state index in [1.54, 1.807) is 18.6 Å². The molecule has 6 nitrogen and oxygen atoms in total. The van der Waals surface area contributed by atoms with E-state index in [2.05, 4.69) is 15.0 Å². The van der Waals surface area contributed by atoms with Gasteiger partial charge in [-0.3, -0.25) is 14.3 Å². The first kappa shape index (κ1) is 16.4. The van der Waals surface area contributed by atoms with Crippen LogP contribution in [0.15, 0.2) is 55.1 Å². The third kappa shape index (κ3) is 3.10. The van der Waals surface area contributed by atoms with Gasteiger partial charge in [0.25, 0.3) is 5.91 Å². The van der Waals surface area contributed by atoms with Gasteiger partial charge in [-0.25, -0.2) is 9.97 Å².